The van der Waals surface area contributed by atoms with Crippen molar-refractivity contribution in [3.63, 3.8) is 0 Å². The summed E-state index contributed by atoms with van der Waals surface area (Å²) in [5.41, 5.74) is 1.13. The van der Waals surface area contributed by atoms with Crippen LogP contribution in [0.15, 0.2) is 42.6 Å². The molecule has 1 saturated heterocycles. The van der Waals surface area contributed by atoms with Crippen molar-refractivity contribution in [2.45, 2.75) is 18.6 Å². The average molecular weight is 316 g/mol. The van der Waals surface area contributed by atoms with Gasteiger partial charge in [-0.2, -0.15) is 0 Å². The van der Waals surface area contributed by atoms with E-state index in [4.69, 9.17) is 4.74 Å². The van der Waals surface area contributed by atoms with Gasteiger partial charge in [0.05, 0.1) is 19.3 Å². The van der Waals surface area contributed by atoms with Crippen LogP contribution in [0.5, 0.6) is 5.88 Å². The Balaban J connectivity index is 1.93. The Morgan fingerprint density at radius 2 is 2.09 bits per heavy atom. The molecule has 1 fully saturated rings. The van der Waals surface area contributed by atoms with Gasteiger partial charge in [-0.15, -0.1) is 0 Å². The third-order valence-corrected chi connectivity index (χ3v) is 3.99. The molecule has 0 bridgehead atoms. The second-order valence-corrected chi connectivity index (χ2v) is 5.47. The normalized spacial score (nSPS) is 20.6. The summed E-state index contributed by atoms with van der Waals surface area (Å²) in [6, 6.07) is 8.98. The summed E-state index contributed by atoms with van der Waals surface area (Å²) in [6.45, 7) is 0.221. The van der Waals surface area contributed by atoms with Crippen LogP contribution in [0.2, 0.25) is 0 Å². The molecule has 3 rings (SSSR count). The molecule has 0 radical (unpaired) electrons. The van der Waals surface area contributed by atoms with E-state index >= 15 is 0 Å². The van der Waals surface area contributed by atoms with Crippen LogP contribution in [-0.2, 0) is 0 Å². The van der Waals surface area contributed by atoms with E-state index in [1.54, 1.807) is 35.4 Å². The molecular formula is C17H17FN2O3. The Morgan fingerprint density at radius 1 is 1.35 bits per heavy atom. The van der Waals surface area contributed by atoms with E-state index < -0.39 is 6.10 Å². The zero-order valence-corrected chi connectivity index (χ0v) is 12.6. The lowest BCUT2D eigenvalue weighted by molar-refractivity contribution is 0.0711. The lowest BCUT2D eigenvalue weighted by Crippen LogP contribution is -2.32. The lowest BCUT2D eigenvalue weighted by atomic mass is 10.0. The van der Waals surface area contributed by atoms with Gasteiger partial charge in [-0.05, 0) is 36.2 Å². The van der Waals surface area contributed by atoms with Gasteiger partial charge in [0.1, 0.15) is 11.4 Å². The van der Waals surface area contributed by atoms with Crippen molar-refractivity contribution in [1.82, 2.24) is 9.88 Å². The van der Waals surface area contributed by atoms with Crippen molar-refractivity contribution in [3.8, 4) is 5.88 Å². The molecule has 2 aromatic rings. The molecule has 2 atom stereocenters. The van der Waals surface area contributed by atoms with Gasteiger partial charge in [0.15, 0.2) is 0 Å². The number of aromatic nitrogens is 1. The van der Waals surface area contributed by atoms with E-state index in [-0.39, 0.29) is 30.2 Å². The first-order chi connectivity index (χ1) is 11.1. The molecule has 0 aliphatic carbocycles. The summed E-state index contributed by atoms with van der Waals surface area (Å²) in [6.07, 6.45) is 1.35. The third kappa shape index (κ3) is 3.03. The van der Waals surface area contributed by atoms with E-state index in [0.29, 0.717) is 12.0 Å². The number of likely N-dealkylation sites (tertiary alicyclic amines) is 1. The predicted octanol–water partition coefficient (Wildman–Crippen LogP) is 2.18. The van der Waals surface area contributed by atoms with Crippen LogP contribution in [0.25, 0.3) is 0 Å². The fourth-order valence-corrected chi connectivity index (χ4v) is 2.91. The molecule has 1 aromatic heterocycles. The van der Waals surface area contributed by atoms with Crippen molar-refractivity contribution in [2.75, 3.05) is 13.7 Å². The van der Waals surface area contributed by atoms with Crippen molar-refractivity contribution in [3.05, 3.63) is 59.5 Å². The molecule has 0 unspecified atom stereocenters. The summed E-state index contributed by atoms with van der Waals surface area (Å²) < 4.78 is 18.3. The number of benzene rings is 1. The highest BCUT2D eigenvalue weighted by Gasteiger charge is 2.36. The van der Waals surface area contributed by atoms with E-state index in [9.17, 15) is 14.3 Å². The zero-order chi connectivity index (χ0) is 16.4. The molecule has 5 nitrogen and oxygen atoms in total. The smallest absolute Gasteiger partial charge is 0.259 e. The first-order valence-corrected chi connectivity index (χ1v) is 7.33. The number of aliphatic hydroxyl groups excluding tert-OH is 1. The molecule has 1 aliphatic heterocycles. The number of β-amino-alcohol motifs (C(OH)–C–C–N with tert-alkyl or cyclic N) is 1. The maximum atomic E-state index is 13.1. The maximum absolute atomic E-state index is 13.1. The molecule has 0 spiro atoms. The molecule has 0 saturated carbocycles. The van der Waals surface area contributed by atoms with Gasteiger partial charge in [0.25, 0.3) is 5.91 Å². The number of methoxy groups -OCH3 is 1. The number of hydrogen-bond donors (Lipinski definition) is 1. The Kier molecular flexibility index (Phi) is 4.25. The largest absolute Gasteiger partial charge is 0.480 e. The molecular weight excluding hydrogens is 299 g/mol. The van der Waals surface area contributed by atoms with E-state index in [1.165, 1.54) is 19.2 Å². The van der Waals surface area contributed by atoms with E-state index in [0.717, 1.165) is 5.56 Å². The second kappa shape index (κ2) is 6.34. The first-order valence-electron chi connectivity index (χ1n) is 7.33. The zero-order valence-electron chi connectivity index (χ0n) is 12.6. The number of nitrogens with zero attached hydrogens (tertiary/aromatic N) is 2. The average Bonchev–Trinajstić information content (AvgIpc) is 2.96. The minimum absolute atomic E-state index is 0.221. The molecule has 1 N–H and O–H groups in total. The van der Waals surface area contributed by atoms with Crippen LogP contribution in [0.1, 0.15) is 28.4 Å². The first kappa shape index (κ1) is 15.4. The minimum Gasteiger partial charge on any atom is -0.480 e. The highest BCUT2D eigenvalue weighted by Crippen LogP contribution is 2.34. The van der Waals surface area contributed by atoms with Crippen LogP contribution in [0, 0.1) is 5.82 Å². The molecule has 2 heterocycles. The standard InChI is InChI=1S/C17H17FN2O3/c1-23-16-14(3-2-8-19-16)17(22)20-10-13(21)9-15(20)11-4-6-12(18)7-5-11/h2-8,13,15,21H,9-10H2,1H3/t13-,15-/m1/s1. The molecule has 1 aromatic carbocycles. The number of halogens is 1. The number of aliphatic hydroxyl groups is 1. The fourth-order valence-electron chi connectivity index (χ4n) is 2.91. The van der Waals surface area contributed by atoms with Crippen LogP contribution >= 0.6 is 0 Å². The third-order valence-electron chi connectivity index (χ3n) is 3.99. The summed E-state index contributed by atoms with van der Waals surface area (Å²) in [4.78, 5) is 18.5. The lowest BCUT2D eigenvalue weighted by Gasteiger charge is -2.25. The summed E-state index contributed by atoms with van der Waals surface area (Å²) in [7, 11) is 1.45. The van der Waals surface area contributed by atoms with Crippen LogP contribution in [0.4, 0.5) is 4.39 Å². The SMILES string of the molecule is COc1ncccc1C(=O)N1C[C@H](O)C[C@@H]1c1ccc(F)cc1. The number of carbonyl (C=O) groups is 1. The highest BCUT2D eigenvalue weighted by atomic mass is 19.1. The highest BCUT2D eigenvalue weighted by molar-refractivity contribution is 5.96. The van der Waals surface area contributed by atoms with Gasteiger partial charge in [-0.3, -0.25) is 4.79 Å². The monoisotopic (exact) mass is 316 g/mol. The van der Waals surface area contributed by atoms with Crippen LogP contribution in [0.3, 0.4) is 0 Å². The predicted molar refractivity (Wildman–Crippen MR) is 81.6 cm³/mol. The molecule has 6 heteroatoms. The van der Waals surface area contributed by atoms with Gasteiger partial charge in [0.2, 0.25) is 5.88 Å². The molecule has 23 heavy (non-hydrogen) atoms. The van der Waals surface area contributed by atoms with Crippen molar-refractivity contribution in [2.24, 2.45) is 0 Å². The van der Waals surface area contributed by atoms with E-state index in [2.05, 4.69) is 4.98 Å². The summed E-state index contributed by atoms with van der Waals surface area (Å²) in [5, 5.41) is 9.99. The Hall–Kier alpha value is -2.47. The summed E-state index contributed by atoms with van der Waals surface area (Å²) >= 11 is 0. The number of pyridine rings is 1. The number of carbonyl (C=O) groups excluding carboxylic acids is 1. The number of hydrogen-bond acceptors (Lipinski definition) is 4. The quantitative estimate of drug-likeness (QED) is 0.943. The topological polar surface area (TPSA) is 62.7 Å². The second-order valence-electron chi connectivity index (χ2n) is 5.47. The minimum atomic E-state index is -0.614. The van der Waals surface area contributed by atoms with Crippen molar-refractivity contribution in [1.29, 1.82) is 0 Å². The van der Waals surface area contributed by atoms with Gasteiger partial charge in [0, 0.05) is 12.7 Å². The van der Waals surface area contributed by atoms with Crippen LogP contribution < -0.4 is 4.74 Å². The number of amides is 1. The molecule has 120 valence electrons. The number of ether oxygens (including phenoxy) is 1. The Morgan fingerprint density at radius 3 is 2.78 bits per heavy atom. The van der Waals surface area contributed by atoms with Gasteiger partial charge in [-0.25, -0.2) is 9.37 Å². The van der Waals surface area contributed by atoms with Gasteiger partial charge >= 0.3 is 0 Å². The Labute approximate surface area is 133 Å². The maximum Gasteiger partial charge on any atom is 0.259 e. The molecule has 1 amide bonds. The van der Waals surface area contributed by atoms with E-state index in [1.807, 2.05) is 0 Å². The molecule has 1 aliphatic rings. The Bertz CT molecular complexity index is 705. The summed E-state index contributed by atoms with van der Waals surface area (Å²) in [5.74, 6) is -0.350. The van der Waals surface area contributed by atoms with Crippen LogP contribution in [-0.4, -0.2) is 40.7 Å². The van der Waals surface area contributed by atoms with Crippen molar-refractivity contribution < 1.29 is 19.0 Å². The van der Waals surface area contributed by atoms with Gasteiger partial charge in [-0.1, -0.05) is 12.1 Å². The fraction of sp³-hybridized carbons (Fsp3) is 0.294. The van der Waals surface area contributed by atoms with Gasteiger partial charge < -0.3 is 14.7 Å². The number of rotatable bonds is 3. The van der Waals surface area contributed by atoms with Crippen molar-refractivity contribution >= 4 is 5.91 Å².